The molecule has 3 heteroatoms. The zero-order valence-corrected chi connectivity index (χ0v) is 10.2. The molecule has 0 bridgehead atoms. The lowest BCUT2D eigenvalue weighted by Crippen LogP contribution is -2.03. The fraction of sp³-hybridized carbons (Fsp3) is 0.167. The third-order valence-electron chi connectivity index (χ3n) is 2.62. The van der Waals surface area contributed by atoms with E-state index in [-0.39, 0.29) is 5.38 Å². The maximum atomic E-state index is 6.05. The van der Waals surface area contributed by atoms with Crippen molar-refractivity contribution in [2.75, 3.05) is 0 Å². The van der Waals surface area contributed by atoms with Crippen LogP contribution < -0.4 is 0 Å². The summed E-state index contributed by atoms with van der Waals surface area (Å²) in [7, 11) is 0. The summed E-state index contributed by atoms with van der Waals surface area (Å²) in [5.41, 5.74) is 2.10. The number of benzene rings is 1. The van der Waals surface area contributed by atoms with Gasteiger partial charge >= 0.3 is 0 Å². The number of rotatable bonds is 0. The Labute approximate surface area is 101 Å². The van der Waals surface area contributed by atoms with Gasteiger partial charge in [0.15, 0.2) is 0 Å². The third kappa shape index (κ3) is 1.52. The zero-order valence-electron chi connectivity index (χ0n) is 7.84. The van der Waals surface area contributed by atoms with Gasteiger partial charge in [0.25, 0.3) is 0 Å². The van der Waals surface area contributed by atoms with Gasteiger partial charge in [0.05, 0.1) is 5.38 Å². The van der Waals surface area contributed by atoms with E-state index in [1.54, 1.807) is 0 Å². The molecule has 1 aromatic carbocycles. The van der Waals surface area contributed by atoms with Crippen LogP contribution >= 0.6 is 27.5 Å². The van der Waals surface area contributed by atoms with Crippen LogP contribution in [0.25, 0.3) is 17.0 Å². The lowest BCUT2D eigenvalue weighted by molar-refractivity contribution is 0.547. The summed E-state index contributed by atoms with van der Waals surface area (Å²) in [6.45, 7) is 0. The molecule has 0 N–H and O–H groups in total. The van der Waals surface area contributed by atoms with Crippen molar-refractivity contribution in [1.82, 2.24) is 0 Å². The monoisotopic (exact) mass is 282 g/mol. The Hall–Kier alpha value is -0.730. The third-order valence-corrected chi connectivity index (χ3v) is 3.41. The fourth-order valence-corrected chi connectivity index (χ4v) is 2.47. The van der Waals surface area contributed by atoms with Crippen molar-refractivity contribution in [1.29, 1.82) is 0 Å². The van der Waals surface area contributed by atoms with Gasteiger partial charge in [-0.3, -0.25) is 0 Å². The number of alkyl halides is 1. The summed E-state index contributed by atoms with van der Waals surface area (Å²) in [6.07, 6.45) is 4.84. The van der Waals surface area contributed by atoms with Gasteiger partial charge < -0.3 is 4.42 Å². The van der Waals surface area contributed by atoms with Crippen LogP contribution in [-0.2, 0) is 6.42 Å². The number of furan rings is 1. The van der Waals surface area contributed by atoms with Gasteiger partial charge in [-0.25, -0.2) is 0 Å². The molecule has 1 heterocycles. The maximum Gasteiger partial charge on any atom is 0.136 e. The summed E-state index contributed by atoms with van der Waals surface area (Å²) >= 11 is 9.48. The van der Waals surface area contributed by atoms with Crippen molar-refractivity contribution in [3.8, 4) is 0 Å². The second-order valence-corrected chi connectivity index (χ2v) is 5.13. The van der Waals surface area contributed by atoms with Crippen LogP contribution in [-0.4, -0.2) is 5.38 Å². The van der Waals surface area contributed by atoms with Crippen molar-refractivity contribution in [3.63, 3.8) is 0 Å². The first-order chi connectivity index (χ1) is 7.24. The molecule has 1 nitrogen and oxygen atoms in total. The van der Waals surface area contributed by atoms with E-state index < -0.39 is 0 Å². The van der Waals surface area contributed by atoms with Crippen molar-refractivity contribution in [2.24, 2.45) is 0 Å². The first-order valence-corrected chi connectivity index (χ1v) is 6.00. The van der Waals surface area contributed by atoms with Gasteiger partial charge in [-0.05, 0) is 18.2 Å². The van der Waals surface area contributed by atoms with Crippen LogP contribution in [0.15, 0.2) is 33.2 Å². The highest BCUT2D eigenvalue weighted by Gasteiger charge is 2.18. The van der Waals surface area contributed by atoms with Crippen LogP contribution in [0.1, 0.15) is 11.3 Å². The second-order valence-electron chi connectivity index (χ2n) is 3.66. The molecule has 0 spiro atoms. The smallest absolute Gasteiger partial charge is 0.136 e. The Bertz CT molecular complexity index is 556. The Morgan fingerprint density at radius 3 is 3.13 bits per heavy atom. The second kappa shape index (κ2) is 3.39. The first-order valence-electron chi connectivity index (χ1n) is 4.77. The molecule has 1 atom stereocenters. The minimum Gasteiger partial charge on any atom is -0.460 e. The summed E-state index contributed by atoms with van der Waals surface area (Å²) in [4.78, 5) is 0. The van der Waals surface area contributed by atoms with Crippen LogP contribution in [0.5, 0.6) is 0 Å². The van der Waals surface area contributed by atoms with Crippen LogP contribution in [0.3, 0.4) is 0 Å². The van der Waals surface area contributed by atoms with E-state index in [0.717, 1.165) is 27.6 Å². The van der Waals surface area contributed by atoms with Gasteiger partial charge in [-0.15, -0.1) is 11.6 Å². The molecule has 0 saturated heterocycles. The number of hydrogen-bond acceptors (Lipinski definition) is 1. The van der Waals surface area contributed by atoms with E-state index in [0.29, 0.717) is 0 Å². The normalized spacial score (nSPS) is 19.5. The predicted molar refractivity (Wildman–Crippen MR) is 66.3 cm³/mol. The summed E-state index contributed by atoms with van der Waals surface area (Å²) in [5, 5.41) is 1.22. The lowest BCUT2D eigenvalue weighted by Gasteiger charge is -2.07. The molecule has 2 aromatic rings. The van der Waals surface area contributed by atoms with Gasteiger partial charge in [-0.2, -0.15) is 0 Å². The molecule has 3 rings (SSSR count). The molecule has 1 aromatic heterocycles. The van der Waals surface area contributed by atoms with E-state index in [1.807, 2.05) is 18.2 Å². The number of hydrogen-bond donors (Lipinski definition) is 0. The van der Waals surface area contributed by atoms with Gasteiger partial charge in [-0.1, -0.05) is 28.1 Å². The Morgan fingerprint density at radius 1 is 1.40 bits per heavy atom. The van der Waals surface area contributed by atoms with Crippen molar-refractivity contribution < 1.29 is 4.42 Å². The molecule has 15 heavy (non-hydrogen) atoms. The molecule has 0 aliphatic heterocycles. The molecular formula is C12H8BrClO. The van der Waals surface area contributed by atoms with E-state index in [1.165, 1.54) is 5.56 Å². The molecule has 1 aliphatic rings. The zero-order chi connectivity index (χ0) is 10.4. The number of fused-ring (bicyclic) bond motifs is 3. The molecule has 0 amide bonds. The van der Waals surface area contributed by atoms with Crippen molar-refractivity contribution >= 4 is 44.6 Å². The lowest BCUT2D eigenvalue weighted by atomic mass is 10.0. The average Bonchev–Trinajstić information content (AvgIpc) is 2.53. The van der Waals surface area contributed by atoms with Crippen LogP contribution in [0.2, 0.25) is 0 Å². The highest BCUT2D eigenvalue weighted by atomic mass is 79.9. The minimum absolute atomic E-state index is 0.0569. The largest absolute Gasteiger partial charge is 0.460 e. The van der Waals surface area contributed by atoms with Crippen LogP contribution in [0, 0.1) is 0 Å². The predicted octanol–water partition coefficient (Wildman–Crippen LogP) is 4.37. The van der Waals surface area contributed by atoms with E-state index >= 15 is 0 Å². The SMILES string of the molecule is ClC1C=Cc2c(oc3cc(Br)ccc23)C1. The number of allylic oxidation sites excluding steroid dienone is 1. The highest BCUT2D eigenvalue weighted by Crippen LogP contribution is 2.33. The van der Waals surface area contributed by atoms with Crippen LogP contribution in [0.4, 0.5) is 0 Å². The van der Waals surface area contributed by atoms with Gasteiger partial charge in [0, 0.05) is 21.8 Å². The Morgan fingerprint density at radius 2 is 2.27 bits per heavy atom. The highest BCUT2D eigenvalue weighted by molar-refractivity contribution is 9.10. The Balaban J connectivity index is 2.29. The topological polar surface area (TPSA) is 13.1 Å². The Kier molecular flexibility index (Phi) is 2.15. The molecule has 1 aliphatic carbocycles. The van der Waals surface area contributed by atoms with Gasteiger partial charge in [0.2, 0.25) is 0 Å². The summed E-state index contributed by atoms with van der Waals surface area (Å²) in [6, 6.07) is 6.09. The quantitative estimate of drug-likeness (QED) is 0.654. The molecule has 76 valence electrons. The van der Waals surface area contributed by atoms with E-state index in [2.05, 4.69) is 28.1 Å². The minimum atomic E-state index is 0.0569. The van der Waals surface area contributed by atoms with Crippen molar-refractivity contribution in [2.45, 2.75) is 11.8 Å². The molecule has 0 radical (unpaired) electrons. The van der Waals surface area contributed by atoms with Crippen molar-refractivity contribution in [3.05, 3.63) is 40.1 Å². The maximum absolute atomic E-state index is 6.05. The molecular weight excluding hydrogens is 275 g/mol. The van der Waals surface area contributed by atoms with E-state index in [4.69, 9.17) is 16.0 Å². The molecule has 0 saturated carbocycles. The van der Waals surface area contributed by atoms with Gasteiger partial charge in [0.1, 0.15) is 11.3 Å². The fourth-order valence-electron chi connectivity index (χ4n) is 1.92. The standard InChI is InChI=1S/C12H8BrClO/c13-7-1-3-9-10-4-2-8(14)6-12(10)15-11(9)5-7/h1-5,8H,6H2. The first kappa shape index (κ1) is 9.49. The van der Waals surface area contributed by atoms with E-state index in [9.17, 15) is 0 Å². The average molecular weight is 284 g/mol. The summed E-state index contributed by atoms with van der Waals surface area (Å²) < 4.78 is 6.81. The summed E-state index contributed by atoms with van der Waals surface area (Å²) in [5.74, 6) is 0.991. The molecule has 1 unspecified atom stereocenters. The molecule has 0 fully saturated rings. The number of halogens is 2.